The smallest absolute Gasteiger partial charge is 0.127 e. The highest BCUT2D eigenvalue weighted by Gasteiger charge is 2.01. The molecule has 86 valence electrons. The first kappa shape index (κ1) is 11.5. The molecule has 0 aromatic heterocycles. The van der Waals surface area contributed by atoms with E-state index in [-0.39, 0.29) is 0 Å². The maximum atomic E-state index is 5.69. The molecule has 0 radical (unpaired) electrons. The van der Waals surface area contributed by atoms with Crippen molar-refractivity contribution in [3.8, 4) is 0 Å². The van der Waals surface area contributed by atoms with Gasteiger partial charge in [-0.2, -0.15) is 0 Å². The van der Waals surface area contributed by atoms with E-state index in [1.807, 2.05) is 43.3 Å². The monoisotopic (exact) mass is 224 g/mol. The summed E-state index contributed by atoms with van der Waals surface area (Å²) in [7, 11) is 0. The molecule has 2 aromatic rings. The number of benzene rings is 2. The van der Waals surface area contributed by atoms with Crippen molar-refractivity contribution in [2.45, 2.75) is 6.92 Å². The third-order valence-corrected chi connectivity index (χ3v) is 2.46. The molecular weight excluding hydrogens is 208 g/mol. The fourth-order valence-electron chi connectivity index (χ4n) is 1.67. The molecule has 0 aliphatic carbocycles. The minimum absolute atomic E-state index is 0.674. The van der Waals surface area contributed by atoms with E-state index < -0.39 is 0 Å². The first-order chi connectivity index (χ1) is 8.40. The fraction of sp³-hybridized carbons (Fsp3) is 0.125. The van der Waals surface area contributed by atoms with Crippen LogP contribution in [0.2, 0.25) is 0 Å². The molecule has 1 heteroatoms. The second-order valence-electron chi connectivity index (χ2n) is 3.72. The Morgan fingerprint density at radius 3 is 2.12 bits per heavy atom. The minimum Gasteiger partial charge on any atom is -0.493 e. The molecule has 0 atom stereocenters. The minimum atomic E-state index is 0.674. The summed E-state index contributed by atoms with van der Waals surface area (Å²) in [5.74, 6) is 0.916. The van der Waals surface area contributed by atoms with Crippen molar-refractivity contribution in [1.82, 2.24) is 0 Å². The SMILES string of the molecule is CCO/C(=C/c1ccccc1)c1ccccc1. The van der Waals surface area contributed by atoms with Crippen LogP contribution in [0.1, 0.15) is 18.1 Å². The lowest BCUT2D eigenvalue weighted by Crippen LogP contribution is -1.91. The zero-order chi connectivity index (χ0) is 11.9. The highest BCUT2D eigenvalue weighted by atomic mass is 16.5. The van der Waals surface area contributed by atoms with Crippen LogP contribution in [0.5, 0.6) is 0 Å². The quantitative estimate of drug-likeness (QED) is 0.558. The predicted octanol–water partition coefficient (Wildman–Crippen LogP) is 4.22. The third-order valence-electron chi connectivity index (χ3n) is 2.46. The van der Waals surface area contributed by atoms with Gasteiger partial charge in [0.05, 0.1) is 6.61 Å². The van der Waals surface area contributed by atoms with Crippen LogP contribution in [-0.4, -0.2) is 6.61 Å². The van der Waals surface area contributed by atoms with Crippen molar-refractivity contribution >= 4 is 11.8 Å². The summed E-state index contributed by atoms with van der Waals surface area (Å²) in [6, 6.07) is 20.4. The summed E-state index contributed by atoms with van der Waals surface area (Å²) in [5.41, 5.74) is 2.26. The molecule has 0 fully saturated rings. The lowest BCUT2D eigenvalue weighted by Gasteiger charge is -2.08. The molecule has 0 unspecified atom stereocenters. The summed E-state index contributed by atoms with van der Waals surface area (Å²) in [6.45, 7) is 2.68. The van der Waals surface area contributed by atoms with E-state index >= 15 is 0 Å². The van der Waals surface area contributed by atoms with Crippen LogP contribution in [0.4, 0.5) is 0 Å². The average molecular weight is 224 g/mol. The summed E-state index contributed by atoms with van der Waals surface area (Å²) < 4.78 is 5.69. The zero-order valence-corrected chi connectivity index (χ0v) is 9.97. The summed E-state index contributed by atoms with van der Waals surface area (Å²) in [5, 5.41) is 0. The van der Waals surface area contributed by atoms with Gasteiger partial charge < -0.3 is 4.74 Å². The molecule has 0 aliphatic rings. The van der Waals surface area contributed by atoms with Crippen LogP contribution in [0.15, 0.2) is 60.7 Å². The topological polar surface area (TPSA) is 9.23 Å². The predicted molar refractivity (Wildman–Crippen MR) is 72.4 cm³/mol. The van der Waals surface area contributed by atoms with Crippen LogP contribution < -0.4 is 0 Å². The molecule has 0 spiro atoms. The lowest BCUT2D eigenvalue weighted by atomic mass is 10.1. The lowest BCUT2D eigenvalue weighted by molar-refractivity contribution is 0.300. The van der Waals surface area contributed by atoms with Crippen LogP contribution >= 0.6 is 0 Å². The van der Waals surface area contributed by atoms with Gasteiger partial charge in [0.2, 0.25) is 0 Å². The fourth-order valence-corrected chi connectivity index (χ4v) is 1.67. The van der Waals surface area contributed by atoms with Gasteiger partial charge in [-0.1, -0.05) is 60.7 Å². The molecule has 2 rings (SSSR count). The number of hydrogen-bond donors (Lipinski definition) is 0. The van der Waals surface area contributed by atoms with E-state index in [1.54, 1.807) is 0 Å². The normalized spacial score (nSPS) is 11.2. The Morgan fingerprint density at radius 2 is 1.53 bits per heavy atom. The van der Waals surface area contributed by atoms with Gasteiger partial charge in [0.1, 0.15) is 5.76 Å². The second-order valence-corrected chi connectivity index (χ2v) is 3.72. The first-order valence-electron chi connectivity index (χ1n) is 5.85. The highest BCUT2D eigenvalue weighted by Crippen LogP contribution is 2.19. The number of ether oxygens (including phenoxy) is 1. The average Bonchev–Trinajstić information content (AvgIpc) is 2.40. The second kappa shape index (κ2) is 5.90. The van der Waals surface area contributed by atoms with Crippen LogP contribution in [-0.2, 0) is 4.74 Å². The highest BCUT2D eigenvalue weighted by molar-refractivity contribution is 5.77. The largest absolute Gasteiger partial charge is 0.493 e. The van der Waals surface area contributed by atoms with Gasteiger partial charge in [-0.25, -0.2) is 0 Å². The van der Waals surface area contributed by atoms with E-state index in [9.17, 15) is 0 Å². The molecular formula is C16H16O. The molecule has 17 heavy (non-hydrogen) atoms. The first-order valence-corrected chi connectivity index (χ1v) is 5.85. The van der Waals surface area contributed by atoms with Crippen LogP contribution in [0, 0.1) is 0 Å². The van der Waals surface area contributed by atoms with E-state index in [0.717, 1.165) is 16.9 Å². The Bertz CT molecular complexity index is 471. The maximum Gasteiger partial charge on any atom is 0.127 e. The van der Waals surface area contributed by atoms with Gasteiger partial charge in [-0.15, -0.1) is 0 Å². The molecule has 0 saturated heterocycles. The van der Waals surface area contributed by atoms with Crippen molar-refractivity contribution in [3.63, 3.8) is 0 Å². The van der Waals surface area contributed by atoms with Crippen LogP contribution in [0.25, 0.3) is 11.8 Å². The Hall–Kier alpha value is -2.02. The Kier molecular flexibility index (Phi) is 3.98. The van der Waals surface area contributed by atoms with Crippen molar-refractivity contribution in [2.24, 2.45) is 0 Å². The Balaban J connectivity index is 2.33. The molecule has 2 aromatic carbocycles. The number of rotatable bonds is 4. The van der Waals surface area contributed by atoms with Crippen LogP contribution in [0.3, 0.4) is 0 Å². The molecule has 0 saturated carbocycles. The van der Waals surface area contributed by atoms with Gasteiger partial charge in [0.15, 0.2) is 0 Å². The molecule has 0 heterocycles. The van der Waals surface area contributed by atoms with Crippen molar-refractivity contribution in [1.29, 1.82) is 0 Å². The zero-order valence-electron chi connectivity index (χ0n) is 9.97. The van der Waals surface area contributed by atoms with E-state index in [0.29, 0.717) is 6.61 Å². The third kappa shape index (κ3) is 3.22. The van der Waals surface area contributed by atoms with Gasteiger partial charge in [-0.3, -0.25) is 0 Å². The molecule has 1 nitrogen and oxygen atoms in total. The van der Waals surface area contributed by atoms with Crippen molar-refractivity contribution in [2.75, 3.05) is 6.61 Å². The van der Waals surface area contributed by atoms with Gasteiger partial charge in [0.25, 0.3) is 0 Å². The molecule has 0 amide bonds. The van der Waals surface area contributed by atoms with E-state index in [4.69, 9.17) is 4.74 Å². The Morgan fingerprint density at radius 1 is 0.941 bits per heavy atom. The van der Waals surface area contributed by atoms with Gasteiger partial charge >= 0.3 is 0 Å². The van der Waals surface area contributed by atoms with Crippen molar-refractivity contribution in [3.05, 3.63) is 71.8 Å². The molecule has 0 bridgehead atoms. The van der Waals surface area contributed by atoms with Gasteiger partial charge in [-0.05, 0) is 18.6 Å². The summed E-state index contributed by atoms with van der Waals surface area (Å²) in [4.78, 5) is 0. The van der Waals surface area contributed by atoms with E-state index in [2.05, 4.69) is 30.3 Å². The summed E-state index contributed by atoms with van der Waals surface area (Å²) >= 11 is 0. The van der Waals surface area contributed by atoms with Gasteiger partial charge in [0, 0.05) is 5.56 Å². The molecule has 0 N–H and O–H groups in total. The standard InChI is InChI=1S/C16H16O/c1-2-17-16(15-11-7-4-8-12-15)13-14-9-5-3-6-10-14/h3-13H,2H2,1H3/b16-13+. The maximum absolute atomic E-state index is 5.69. The Labute approximate surface area is 102 Å². The van der Waals surface area contributed by atoms with Crippen molar-refractivity contribution < 1.29 is 4.74 Å². The number of hydrogen-bond acceptors (Lipinski definition) is 1. The van der Waals surface area contributed by atoms with E-state index in [1.165, 1.54) is 0 Å². The molecule has 0 aliphatic heterocycles. The summed E-state index contributed by atoms with van der Waals surface area (Å²) in [6.07, 6.45) is 2.07.